The summed E-state index contributed by atoms with van der Waals surface area (Å²) in [6, 6.07) is 10.7. The fourth-order valence-electron chi connectivity index (χ4n) is 1.83. The summed E-state index contributed by atoms with van der Waals surface area (Å²) in [6.07, 6.45) is 5.95. The third-order valence-electron chi connectivity index (χ3n) is 2.72. The predicted molar refractivity (Wildman–Crippen MR) is 67.6 cm³/mol. The molecule has 1 fully saturated rings. The van der Waals surface area contributed by atoms with Crippen molar-refractivity contribution in [2.24, 2.45) is 0 Å². The highest BCUT2D eigenvalue weighted by Crippen LogP contribution is 2.11. The van der Waals surface area contributed by atoms with Crippen LogP contribution in [0.25, 0.3) is 0 Å². The Morgan fingerprint density at radius 1 is 1.07 bits per heavy atom. The van der Waals surface area contributed by atoms with Crippen molar-refractivity contribution in [3.05, 3.63) is 47.5 Å². The van der Waals surface area contributed by atoms with Crippen LogP contribution in [-0.2, 0) is 6.42 Å². The molecule has 0 saturated carbocycles. The second-order valence-corrected chi connectivity index (χ2v) is 3.80. The summed E-state index contributed by atoms with van der Waals surface area (Å²) < 4.78 is 0. The molecule has 1 aliphatic heterocycles. The van der Waals surface area contributed by atoms with Crippen LogP contribution in [0.3, 0.4) is 0 Å². The molecule has 1 aromatic carbocycles. The topological polar surface area (TPSA) is 12.0 Å². The molecule has 1 saturated heterocycles. The Kier molecular flexibility index (Phi) is 5.44. The Balaban J connectivity index is 0.00000112. The molecule has 1 aliphatic rings. The largest absolute Gasteiger partial charge is 0.316 e. The minimum Gasteiger partial charge on any atom is -0.316 e. The summed E-state index contributed by atoms with van der Waals surface area (Å²) in [4.78, 5) is 0. The van der Waals surface area contributed by atoms with Crippen LogP contribution in [0.1, 0.15) is 18.4 Å². The summed E-state index contributed by atoms with van der Waals surface area (Å²) in [5.41, 5.74) is 3.03. The number of benzene rings is 1. The van der Waals surface area contributed by atoms with Crippen molar-refractivity contribution in [1.82, 2.24) is 5.32 Å². The van der Waals surface area contributed by atoms with Gasteiger partial charge in [-0.1, -0.05) is 42.0 Å². The van der Waals surface area contributed by atoms with Crippen LogP contribution in [0.5, 0.6) is 0 Å². The molecular formula is C13H18ClN. The van der Waals surface area contributed by atoms with Gasteiger partial charge in [0.25, 0.3) is 0 Å². The summed E-state index contributed by atoms with van der Waals surface area (Å²) in [7, 11) is 0. The summed E-state index contributed by atoms with van der Waals surface area (Å²) in [6.45, 7) is 2.31. The maximum Gasteiger partial charge on any atom is -0.00115 e. The molecule has 82 valence electrons. The molecule has 0 unspecified atom stereocenters. The molecule has 1 aromatic rings. The maximum atomic E-state index is 3.37. The number of halogens is 1. The molecular weight excluding hydrogens is 206 g/mol. The number of allylic oxidation sites excluding steroid dienone is 1. The smallest absolute Gasteiger partial charge is 0.00115 e. The third-order valence-corrected chi connectivity index (χ3v) is 2.72. The van der Waals surface area contributed by atoms with Crippen molar-refractivity contribution in [2.45, 2.75) is 19.3 Å². The fourth-order valence-corrected chi connectivity index (χ4v) is 1.83. The van der Waals surface area contributed by atoms with Crippen LogP contribution in [0, 0.1) is 0 Å². The molecule has 1 heterocycles. The van der Waals surface area contributed by atoms with Gasteiger partial charge in [-0.05, 0) is 37.9 Å². The van der Waals surface area contributed by atoms with E-state index in [1.54, 1.807) is 5.57 Å². The average molecular weight is 224 g/mol. The first-order chi connectivity index (χ1) is 6.95. The van der Waals surface area contributed by atoms with Crippen LogP contribution in [0.2, 0.25) is 0 Å². The minimum absolute atomic E-state index is 0. The normalized spacial score (nSPS) is 15.6. The van der Waals surface area contributed by atoms with E-state index < -0.39 is 0 Å². The quantitative estimate of drug-likeness (QED) is 0.761. The van der Waals surface area contributed by atoms with Crippen LogP contribution in [0.4, 0.5) is 0 Å². The predicted octanol–water partition coefficient (Wildman–Crippen LogP) is 2.96. The van der Waals surface area contributed by atoms with Gasteiger partial charge in [0.15, 0.2) is 0 Å². The number of nitrogens with one attached hydrogen (secondary N) is 1. The number of hydrogen-bond donors (Lipinski definition) is 1. The highest BCUT2D eigenvalue weighted by atomic mass is 35.5. The lowest BCUT2D eigenvalue weighted by Crippen LogP contribution is -2.23. The molecule has 0 spiro atoms. The molecule has 2 rings (SSSR count). The second kappa shape index (κ2) is 6.65. The third kappa shape index (κ3) is 4.06. The Morgan fingerprint density at radius 3 is 2.40 bits per heavy atom. The molecule has 2 heteroatoms. The van der Waals surface area contributed by atoms with Crippen molar-refractivity contribution in [1.29, 1.82) is 0 Å². The maximum absolute atomic E-state index is 3.37. The van der Waals surface area contributed by atoms with E-state index in [0.29, 0.717) is 0 Å². The van der Waals surface area contributed by atoms with E-state index in [4.69, 9.17) is 0 Å². The lowest BCUT2D eigenvalue weighted by atomic mass is 10.0. The van der Waals surface area contributed by atoms with Gasteiger partial charge in [0.05, 0.1) is 0 Å². The van der Waals surface area contributed by atoms with Crippen LogP contribution in [0.15, 0.2) is 42.0 Å². The van der Waals surface area contributed by atoms with Crippen molar-refractivity contribution >= 4 is 12.4 Å². The Labute approximate surface area is 98.0 Å². The van der Waals surface area contributed by atoms with E-state index in [0.717, 1.165) is 19.5 Å². The van der Waals surface area contributed by atoms with E-state index >= 15 is 0 Å². The molecule has 1 N–H and O–H groups in total. The van der Waals surface area contributed by atoms with E-state index in [-0.39, 0.29) is 12.4 Å². The first-order valence-corrected chi connectivity index (χ1v) is 5.38. The van der Waals surface area contributed by atoms with Gasteiger partial charge in [-0.25, -0.2) is 0 Å². The molecule has 0 radical (unpaired) electrons. The number of piperidine rings is 1. The Bertz CT molecular complexity index is 298. The van der Waals surface area contributed by atoms with Crippen LogP contribution >= 0.6 is 12.4 Å². The summed E-state index contributed by atoms with van der Waals surface area (Å²) in [5, 5.41) is 3.37. The van der Waals surface area contributed by atoms with Gasteiger partial charge in [0.1, 0.15) is 0 Å². The van der Waals surface area contributed by atoms with Gasteiger partial charge in [0.2, 0.25) is 0 Å². The molecule has 15 heavy (non-hydrogen) atoms. The number of hydrogen-bond acceptors (Lipinski definition) is 1. The van der Waals surface area contributed by atoms with Gasteiger partial charge < -0.3 is 5.32 Å². The molecule has 0 aromatic heterocycles. The van der Waals surface area contributed by atoms with Crippen LogP contribution < -0.4 is 5.32 Å². The van der Waals surface area contributed by atoms with E-state index in [9.17, 15) is 0 Å². The standard InChI is InChI=1S/C13H17N.ClH/c1-2-4-12(5-3-1)6-7-13-8-10-14-11-9-13;/h1-5,7,14H,6,8-11H2;1H. The van der Waals surface area contributed by atoms with E-state index in [2.05, 4.69) is 41.7 Å². The zero-order valence-electron chi connectivity index (χ0n) is 8.91. The monoisotopic (exact) mass is 223 g/mol. The first-order valence-electron chi connectivity index (χ1n) is 5.38. The highest BCUT2D eigenvalue weighted by molar-refractivity contribution is 5.85. The summed E-state index contributed by atoms with van der Waals surface area (Å²) >= 11 is 0. The van der Waals surface area contributed by atoms with Crippen molar-refractivity contribution in [2.75, 3.05) is 13.1 Å². The molecule has 0 aliphatic carbocycles. The van der Waals surface area contributed by atoms with Gasteiger partial charge in [-0.3, -0.25) is 0 Å². The van der Waals surface area contributed by atoms with E-state index in [1.165, 1.54) is 18.4 Å². The molecule has 0 atom stereocenters. The fraction of sp³-hybridized carbons (Fsp3) is 0.385. The lowest BCUT2D eigenvalue weighted by molar-refractivity contribution is 0.608. The molecule has 0 bridgehead atoms. The highest BCUT2D eigenvalue weighted by Gasteiger charge is 2.03. The Hall–Kier alpha value is -0.790. The van der Waals surface area contributed by atoms with Crippen molar-refractivity contribution in [3.8, 4) is 0 Å². The lowest BCUT2D eigenvalue weighted by Gasteiger charge is -2.15. The van der Waals surface area contributed by atoms with Gasteiger partial charge in [0, 0.05) is 0 Å². The van der Waals surface area contributed by atoms with Gasteiger partial charge >= 0.3 is 0 Å². The van der Waals surface area contributed by atoms with Crippen LogP contribution in [-0.4, -0.2) is 13.1 Å². The first kappa shape index (κ1) is 12.3. The molecule has 1 nitrogen and oxygen atoms in total. The zero-order chi connectivity index (χ0) is 9.64. The SMILES string of the molecule is C(Cc1ccccc1)=C1CCNCC1.Cl. The van der Waals surface area contributed by atoms with Gasteiger partial charge in [-0.2, -0.15) is 0 Å². The molecule has 0 amide bonds. The van der Waals surface area contributed by atoms with Crippen molar-refractivity contribution < 1.29 is 0 Å². The second-order valence-electron chi connectivity index (χ2n) is 3.80. The minimum atomic E-state index is 0. The van der Waals surface area contributed by atoms with Gasteiger partial charge in [-0.15, -0.1) is 12.4 Å². The zero-order valence-corrected chi connectivity index (χ0v) is 9.72. The van der Waals surface area contributed by atoms with Crippen molar-refractivity contribution in [3.63, 3.8) is 0 Å². The Morgan fingerprint density at radius 2 is 1.73 bits per heavy atom. The summed E-state index contributed by atoms with van der Waals surface area (Å²) in [5.74, 6) is 0. The number of rotatable bonds is 2. The average Bonchev–Trinajstić information content (AvgIpc) is 2.29. The van der Waals surface area contributed by atoms with E-state index in [1.807, 2.05) is 0 Å².